The zero-order valence-electron chi connectivity index (χ0n) is 19.1. The SMILES string of the molecule is C[C@@]1(O)CC[C@H]2[C@H](CC[C@@H]3[C@@H]2CC[C@]2(C)[C@@H](C(=O)Cn4nccc4C(F)(F)F)CC[C@@H]32)C1. The van der Waals surface area contributed by atoms with Crippen molar-refractivity contribution in [2.75, 3.05) is 0 Å². The molecule has 0 radical (unpaired) electrons. The molecular weight excluding hydrogens is 417 g/mol. The van der Waals surface area contributed by atoms with Crippen molar-refractivity contribution in [1.82, 2.24) is 9.78 Å². The Kier molecular flexibility index (Phi) is 5.31. The molecule has 0 spiro atoms. The van der Waals surface area contributed by atoms with Crippen LogP contribution in [0.3, 0.4) is 0 Å². The van der Waals surface area contributed by atoms with E-state index in [0.29, 0.717) is 29.6 Å². The van der Waals surface area contributed by atoms with E-state index < -0.39 is 17.5 Å². The van der Waals surface area contributed by atoms with Gasteiger partial charge >= 0.3 is 6.18 Å². The Labute approximate surface area is 187 Å². The molecule has 1 aromatic heterocycles. The Morgan fingerprint density at radius 2 is 1.84 bits per heavy atom. The molecule has 178 valence electrons. The number of hydrogen-bond donors (Lipinski definition) is 1. The second kappa shape index (κ2) is 7.57. The van der Waals surface area contributed by atoms with E-state index in [1.165, 1.54) is 6.42 Å². The number of fused-ring (bicyclic) bond motifs is 5. The van der Waals surface area contributed by atoms with Crippen LogP contribution in [0, 0.1) is 40.9 Å². The van der Waals surface area contributed by atoms with Gasteiger partial charge in [-0.1, -0.05) is 6.92 Å². The maximum Gasteiger partial charge on any atom is 0.433 e. The highest BCUT2D eigenvalue weighted by molar-refractivity contribution is 5.82. The molecule has 4 aliphatic rings. The number of ketones is 1. The highest BCUT2D eigenvalue weighted by Gasteiger charge is 2.58. The van der Waals surface area contributed by atoms with Gasteiger partial charge in [-0.15, -0.1) is 0 Å². The minimum absolute atomic E-state index is 0.0925. The number of Topliss-reactive ketones (excluding diaryl/α,β-unsaturated/α-hetero) is 1. The molecule has 4 fully saturated rings. The predicted octanol–water partition coefficient (Wildman–Crippen LogP) is 5.49. The third-order valence-corrected chi connectivity index (χ3v) is 9.94. The van der Waals surface area contributed by atoms with Gasteiger partial charge in [-0.3, -0.25) is 9.48 Å². The van der Waals surface area contributed by atoms with E-state index in [4.69, 9.17) is 0 Å². The van der Waals surface area contributed by atoms with Crippen molar-refractivity contribution in [1.29, 1.82) is 0 Å². The second-order valence-corrected chi connectivity index (χ2v) is 11.7. The van der Waals surface area contributed by atoms with Crippen LogP contribution in [0.4, 0.5) is 13.2 Å². The van der Waals surface area contributed by atoms with E-state index >= 15 is 0 Å². The molecule has 4 aliphatic carbocycles. The average molecular weight is 453 g/mol. The summed E-state index contributed by atoms with van der Waals surface area (Å²) in [5.74, 6) is 2.81. The first kappa shape index (κ1) is 22.4. The summed E-state index contributed by atoms with van der Waals surface area (Å²) in [6.07, 6.45) is 5.74. The van der Waals surface area contributed by atoms with Gasteiger partial charge in [0.25, 0.3) is 0 Å². The van der Waals surface area contributed by atoms with Crippen molar-refractivity contribution < 1.29 is 23.1 Å². The first-order valence-corrected chi connectivity index (χ1v) is 12.3. The van der Waals surface area contributed by atoms with Crippen LogP contribution >= 0.6 is 0 Å². The van der Waals surface area contributed by atoms with Crippen molar-refractivity contribution in [2.45, 2.75) is 90.0 Å². The molecule has 0 aliphatic heterocycles. The number of nitrogens with zero attached hydrogens (tertiary/aromatic N) is 2. The van der Waals surface area contributed by atoms with Crippen molar-refractivity contribution in [2.24, 2.45) is 40.9 Å². The molecule has 0 saturated heterocycles. The number of aliphatic hydroxyl groups is 1. The van der Waals surface area contributed by atoms with Crippen LogP contribution in [-0.2, 0) is 17.5 Å². The fraction of sp³-hybridized carbons (Fsp3) is 0.840. The average Bonchev–Trinajstić information content (AvgIpc) is 3.30. The summed E-state index contributed by atoms with van der Waals surface area (Å²) in [6, 6.07) is 0.942. The summed E-state index contributed by atoms with van der Waals surface area (Å²) in [5, 5.41) is 14.4. The summed E-state index contributed by atoms with van der Waals surface area (Å²) in [6.45, 7) is 3.92. The Balaban J connectivity index is 1.31. The number of carbonyl (C=O) groups excluding carboxylic acids is 1. The molecule has 0 bridgehead atoms. The van der Waals surface area contributed by atoms with Crippen molar-refractivity contribution in [3.8, 4) is 0 Å². The van der Waals surface area contributed by atoms with E-state index in [-0.39, 0.29) is 23.7 Å². The van der Waals surface area contributed by atoms with E-state index in [9.17, 15) is 23.1 Å². The second-order valence-electron chi connectivity index (χ2n) is 11.7. The predicted molar refractivity (Wildman–Crippen MR) is 113 cm³/mol. The fourth-order valence-corrected chi connectivity index (χ4v) is 8.57. The van der Waals surface area contributed by atoms with Crippen molar-refractivity contribution in [3.63, 3.8) is 0 Å². The van der Waals surface area contributed by atoms with Gasteiger partial charge in [0.05, 0.1) is 5.60 Å². The number of hydrogen-bond acceptors (Lipinski definition) is 3. The third kappa shape index (κ3) is 3.63. The lowest BCUT2D eigenvalue weighted by Crippen LogP contribution is -2.51. The Hall–Kier alpha value is -1.37. The number of carbonyl (C=O) groups is 1. The molecule has 4 nitrogen and oxygen atoms in total. The molecule has 1 N–H and O–H groups in total. The summed E-state index contributed by atoms with van der Waals surface area (Å²) < 4.78 is 40.5. The highest BCUT2D eigenvalue weighted by atomic mass is 19.4. The van der Waals surface area contributed by atoms with Crippen molar-refractivity contribution in [3.05, 3.63) is 18.0 Å². The molecule has 5 rings (SSSR count). The van der Waals surface area contributed by atoms with Crippen LogP contribution in [0.1, 0.15) is 77.3 Å². The van der Waals surface area contributed by atoms with Crippen molar-refractivity contribution >= 4 is 5.78 Å². The minimum Gasteiger partial charge on any atom is -0.390 e. The quantitative estimate of drug-likeness (QED) is 0.660. The van der Waals surface area contributed by atoms with Crippen LogP contribution < -0.4 is 0 Å². The summed E-state index contributed by atoms with van der Waals surface area (Å²) in [4.78, 5) is 13.3. The lowest BCUT2D eigenvalue weighted by molar-refractivity contribution is -0.145. The Morgan fingerprint density at radius 1 is 1.09 bits per heavy atom. The van der Waals surface area contributed by atoms with Gasteiger partial charge in [0.1, 0.15) is 12.2 Å². The van der Waals surface area contributed by atoms with Crippen LogP contribution in [0.15, 0.2) is 12.3 Å². The third-order valence-electron chi connectivity index (χ3n) is 9.94. The molecule has 0 unspecified atom stereocenters. The standard InChI is InChI=1S/C25H35F3N2O2/c1-23(32)10-7-16-15(13-23)3-4-18-17(16)8-11-24(2)19(18)5-6-20(24)21(31)14-30-22(9-12-29-30)25(26,27)28/h9,12,15-20,32H,3-8,10-11,13-14H2,1-2H3/t15-,16+,17-,18-,19+,20-,23-,24+/m1/s1. The summed E-state index contributed by atoms with van der Waals surface area (Å²) >= 11 is 0. The molecular formula is C25H35F3N2O2. The van der Waals surface area contributed by atoms with Crippen LogP contribution in [-0.4, -0.2) is 26.3 Å². The van der Waals surface area contributed by atoms with Gasteiger partial charge in [-0.2, -0.15) is 18.3 Å². The zero-order chi connectivity index (χ0) is 22.9. The minimum atomic E-state index is -4.50. The topological polar surface area (TPSA) is 55.1 Å². The van der Waals surface area contributed by atoms with Gasteiger partial charge in [-0.25, -0.2) is 0 Å². The maximum absolute atomic E-state index is 13.3. The Bertz CT molecular complexity index is 879. The lowest BCUT2D eigenvalue weighted by atomic mass is 9.49. The molecule has 4 saturated carbocycles. The van der Waals surface area contributed by atoms with Gasteiger partial charge in [-0.05, 0) is 106 Å². The molecule has 1 aromatic rings. The fourth-order valence-electron chi connectivity index (χ4n) is 8.57. The smallest absolute Gasteiger partial charge is 0.390 e. The van der Waals surface area contributed by atoms with Crippen LogP contribution in [0.5, 0.6) is 0 Å². The van der Waals surface area contributed by atoms with Crippen LogP contribution in [0.2, 0.25) is 0 Å². The normalized spacial score (nSPS) is 43.9. The number of halogens is 3. The molecule has 0 amide bonds. The first-order chi connectivity index (χ1) is 15.0. The molecule has 8 atom stereocenters. The summed E-state index contributed by atoms with van der Waals surface area (Å²) in [5.41, 5.74) is -1.48. The van der Waals surface area contributed by atoms with E-state index in [0.717, 1.165) is 68.3 Å². The zero-order valence-corrected chi connectivity index (χ0v) is 19.1. The lowest BCUT2D eigenvalue weighted by Gasteiger charge is -2.56. The van der Waals surface area contributed by atoms with Gasteiger partial charge in [0.2, 0.25) is 0 Å². The first-order valence-electron chi connectivity index (χ1n) is 12.3. The molecule has 32 heavy (non-hydrogen) atoms. The van der Waals surface area contributed by atoms with E-state index in [1.807, 2.05) is 6.92 Å². The summed E-state index contributed by atoms with van der Waals surface area (Å²) in [7, 11) is 0. The number of alkyl halides is 3. The highest BCUT2D eigenvalue weighted by Crippen LogP contribution is 2.64. The molecule has 0 aromatic carbocycles. The van der Waals surface area contributed by atoms with E-state index in [1.54, 1.807) is 0 Å². The van der Waals surface area contributed by atoms with Crippen LogP contribution in [0.25, 0.3) is 0 Å². The largest absolute Gasteiger partial charge is 0.433 e. The Morgan fingerprint density at radius 3 is 2.59 bits per heavy atom. The maximum atomic E-state index is 13.3. The molecule has 7 heteroatoms. The number of aromatic nitrogens is 2. The van der Waals surface area contributed by atoms with E-state index in [2.05, 4.69) is 12.0 Å². The number of rotatable bonds is 3. The monoisotopic (exact) mass is 452 g/mol. The van der Waals surface area contributed by atoms with Gasteiger partial charge < -0.3 is 5.11 Å². The molecule has 1 heterocycles. The van der Waals surface area contributed by atoms with Gasteiger partial charge in [0.15, 0.2) is 5.78 Å². The van der Waals surface area contributed by atoms with Gasteiger partial charge in [0, 0.05) is 12.1 Å².